The molecule has 2 aromatic heterocycles. The summed E-state index contributed by atoms with van der Waals surface area (Å²) in [6.07, 6.45) is 2.21. The Labute approximate surface area is 107 Å². The summed E-state index contributed by atoms with van der Waals surface area (Å²) in [7, 11) is 0. The van der Waals surface area contributed by atoms with E-state index in [9.17, 15) is 9.59 Å². The molecule has 0 aliphatic rings. The molecule has 2 heterocycles. The molecule has 0 aliphatic heterocycles. The van der Waals surface area contributed by atoms with E-state index in [4.69, 9.17) is 5.11 Å². The molecule has 18 heavy (non-hydrogen) atoms. The topological polar surface area (TPSA) is 76.6 Å². The van der Waals surface area contributed by atoms with E-state index in [2.05, 4.69) is 5.10 Å². The van der Waals surface area contributed by atoms with Crippen LogP contribution >= 0.6 is 11.8 Å². The second-order valence-electron chi connectivity index (χ2n) is 3.65. The summed E-state index contributed by atoms with van der Waals surface area (Å²) < 4.78 is 2.22. The van der Waals surface area contributed by atoms with E-state index in [1.807, 2.05) is 0 Å². The number of aliphatic hydroxyl groups excluding tert-OH is 1. The van der Waals surface area contributed by atoms with Gasteiger partial charge < -0.3 is 5.11 Å². The molecule has 0 saturated heterocycles. The summed E-state index contributed by atoms with van der Waals surface area (Å²) in [5, 5.41) is 12.6. The molecule has 0 saturated carbocycles. The normalized spacial score (nSPS) is 10.9. The quantitative estimate of drug-likeness (QED) is 0.786. The van der Waals surface area contributed by atoms with Crippen molar-refractivity contribution in [1.29, 1.82) is 0 Å². The van der Waals surface area contributed by atoms with Crippen LogP contribution in [0.3, 0.4) is 0 Å². The summed E-state index contributed by atoms with van der Waals surface area (Å²) in [6, 6.07) is 5.14. The number of nitrogens with zero attached hydrogens (tertiary/aromatic N) is 3. The van der Waals surface area contributed by atoms with Crippen molar-refractivity contribution in [3.05, 3.63) is 34.9 Å². The fourth-order valence-corrected chi connectivity index (χ4v) is 2.25. The number of aliphatic hydroxyl groups is 1. The third-order valence-electron chi connectivity index (χ3n) is 2.34. The Morgan fingerprint density at radius 2 is 2.28 bits per heavy atom. The molecular formula is C11H13N3O3S. The van der Waals surface area contributed by atoms with Gasteiger partial charge in [0.15, 0.2) is 5.65 Å². The average molecular weight is 267 g/mol. The highest BCUT2D eigenvalue weighted by Crippen LogP contribution is 2.03. The largest absolute Gasteiger partial charge is 0.396 e. The van der Waals surface area contributed by atoms with E-state index >= 15 is 0 Å². The molecule has 0 aromatic carbocycles. The van der Waals surface area contributed by atoms with Crippen molar-refractivity contribution < 1.29 is 9.90 Å². The van der Waals surface area contributed by atoms with Crippen molar-refractivity contribution in [1.82, 2.24) is 14.2 Å². The highest BCUT2D eigenvalue weighted by atomic mass is 32.2. The minimum Gasteiger partial charge on any atom is -0.396 e. The van der Waals surface area contributed by atoms with Gasteiger partial charge in [-0.1, -0.05) is 6.07 Å². The van der Waals surface area contributed by atoms with Crippen molar-refractivity contribution in [2.75, 3.05) is 18.1 Å². The van der Waals surface area contributed by atoms with Crippen LogP contribution in [-0.4, -0.2) is 43.3 Å². The summed E-state index contributed by atoms with van der Waals surface area (Å²) in [4.78, 5) is 23.7. The molecule has 0 unspecified atom stereocenters. The Kier molecular flexibility index (Phi) is 4.16. The number of hydrogen-bond acceptors (Lipinski definition) is 5. The van der Waals surface area contributed by atoms with E-state index in [1.54, 1.807) is 24.4 Å². The minimum atomic E-state index is -0.446. The van der Waals surface area contributed by atoms with Crippen LogP contribution in [-0.2, 0) is 0 Å². The predicted molar refractivity (Wildman–Crippen MR) is 69.1 cm³/mol. The molecule has 0 radical (unpaired) electrons. The monoisotopic (exact) mass is 267 g/mol. The molecule has 0 bridgehead atoms. The molecule has 7 heteroatoms. The lowest BCUT2D eigenvalue weighted by molar-refractivity contribution is 0.0922. The van der Waals surface area contributed by atoms with Gasteiger partial charge in [-0.2, -0.15) is 11.8 Å². The lowest BCUT2D eigenvalue weighted by Gasteiger charge is -1.98. The molecule has 6 nitrogen and oxygen atoms in total. The molecule has 0 atom stereocenters. The fraction of sp³-hybridized carbons (Fsp3) is 0.364. The summed E-state index contributed by atoms with van der Waals surface area (Å²) in [5.74, 6) is 0.528. The zero-order valence-electron chi connectivity index (χ0n) is 9.65. The van der Waals surface area contributed by atoms with Gasteiger partial charge in [0.25, 0.3) is 5.91 Å². The molecule has 0 fully saturated rings. The van der Waals surface area contributed by atoms with Crippen LogP contribution in [0, 0.1) is 0 Å². The Bertz CT molecular complexity index is 605. The molecule has 0 aliphatic carbocycles. The lowest BCUT2D eigenvalue weighted by Crippen LogP contribution is -2.28. The van der Waals surface area contributed by atoms with Crippen molar-refractivity contribution in [3.63, 3.8) is 0 Å². The number of fused-ring (bicyclic) bond motifs is 1. The summed E-state index contributed by atoms with van der Waals surface area (Å²) >= 11 is 1.38. The van der Waals surface area contributed by atoms with Gasteiger partial charge in [0.1, 0.15) is 0 Å². The maximum absolute atomic E-state index is 11.9. The van der Waals surface area contributed by atoms with Gasteiger partial charge in [-0.05, 0) is 24.3 Å². The third-order valence-corrected chi connectivity index (χ3v) is 3.37. The second-order valence-corrected chi connectivity index (χ2v) is 4.75. The average Bonchev–Trinajstić information content (AvgIpc) is 2.73. The Balaban J connectivity index is 2.13. The second kappa shape index (κ2) is 5.83. The zero-order valence-corrected chi connectivity index (χ0v) is 10.5. The van der Waals surface area contributed by atoms with E-state index in [-0.39, 0.29) is 18.3 Å². The Hall–Kier alpha value is -1.60. The van der Waals surface area contributed by atoms with Crippen LogP contribution < -0.4 is 5.69 Å². The Morgan fingerprint density at radius 3 is 3.00 bits per heavy atom. The van der Waals surface area contributed by atoms with Crippen LogP contribution in [0.1, 0.15) is 11.2 Å². The van der Waals surface area contributed by atoms with Crippen molar-refractivity contribution in [2.45, 2.75) is 6.42 Å². The van der Waals surface area contributed by atoms with Crippen LogP contribution in [0.5, 0.6) is 0 Å². The van der Waals surface area contributed by atoms with E-state index in [1.165, 1.54) is 16.2 Å². The van der Waals surface area contributed by atoms with E-state index in [0.717, 1.165) is 4.68 Å². The zero-order chi connectivity index (χ0) is 13.0. The number of hydrogen-bond donors (Lipinski definition) is 1. The minimum absolute atomic E-state index is 0.107. The van der Waals surface area contributed by atoms with Crippen molar-refractivity contribution in [2.24, 2.45) is 0 Å². The molecule has 96 valence electrons. The number of pyridine rings is 1. The number of thioether (sulfide) groups is 1. The molecule has 0 amide bonds. The van der Waals surface area contributed by atoms with Gasteiger partial charge in [-0.15, -0.1) is 9.78 Å². The molecule has 1 N–H and O–H groups in total. The highest BCUT2D eigenvalue weighted by molar-refractivity contribution is 7.99. The number of carbonyl (C=O) groups is 1. The van der Waals surface area contributed by atoms with Gasteiger partial charge >= 0.3 is 5.69 Å². The van der Waals surface area contributed by atoms with Crippen LogP contribution in [0.4, 0.5) is 0 Å². The fourth-order valence-electron chi connectivity index (χ4n) is 1.47. The maximum Gasteiger partial charge on any atom is 0.357 e. The maximum atomic E-state index is 11.9. The van der Waals surface area contributed by atoms with Gasteiger partial charge in [0.05, 0.1) is 5.75 Å². The van der Waals surface area contributed by atoms with Gasteiger partial charge in [-0.25, -0.2) is 9.20 Å². The first kappa shape index (κ1) is 12.8. The number of aromatic nitrogens is 3. The van der Waals surface area contributed by atoms with E-state index < -0.39 is 5.69 Å². The Morgan fingerprint density at radius 1 is 1.44 bits per heavy atom. The molecule has 0 spiro atoms. The smallest absolute Gasteiger partial charge is 0.357 e. The molecule has 2 rings (SSSR count). The van der Waals surface area contributed by atoms with Gasteiger partial charge in [0.2, 0.25) is 0 Å². The first-order valence-electron chi connectivity index (χ1n) is 5.52. The number of carbonyl (C=O) groups excluding carboxylic acids is 1. The standard InChI is InChI=1S/C11H13N3O3S/c15-6-3-7-18-8-10(16)14-11(17)13-5-2-1-4-9(13)12-14/h1-2,4-5,15H,3,6-8H2. The van der Waals surface area contributed by atoms with Crippen molar-refractivity contribution in [3.8, 4) is 0 Å². The van der Waals surface area contributed by atoms with Crippen LogP contribution in [0.15, 0.2) is 29.2 Å². The van der Waals surface area contributed by atoms with Crippen molar-refractivity contribution >= 4 is 23.3 Å². The highest BCUT2D eigenvalue weighted by Gasteiger charge is 2.12. The first-order chi connectivity index (χ1) is 8.74. The van der Waals surface area contributed by atoms with Gasteiger partial charge in [-0.3, -0.25) is 4.79 Å². The van der Waals surface area contributed by atoms with Gasteiger partial charge in [0, 0.05) is 12.8 Å². The van der Waals surface area contributed by atoms with Crippen LogP contribution in [0.25, 0.3) is 5.65 Å². The lowest BCUT2D eigenvalue weighted by atomic mass is 10.5. The first-order valence-corrected chi connectivity index (χ1v) is 6.67. The molecule has 2 aromatic rings. The number of rotatable bonds is 5. The molecular weight excluding hydrogens is 254 g/mol. The summed E-state index contributed by atoms with van der Waals surface area (Å²) in [6.45, 7) is 0.107. The summed E-state index contributed by atoms with van der Waals surface area (Å²) in [5.41, 5.74) is 0.00886. The predicted octanol–water partition coefficient (Wildman–Crippen LogP) is 0.252. The SMILES string of the molecule is O=C(CSCCCO)n1nc2ccccn2c1=O. The third kappa shape index (κ3) is 2.62. The van der Waals surface area contributed by atoms with Crippen LogP contribution in [0.2, 0.25) is 0 Å². The van der Waals surface area contributed by atoms with E-state index in [0.29, 0.717) is 17.8 Å².